The number of alkyl halides is 4. The largest absolute Gasteiger partial charge is 0.522 e. The fourth-order valence-electron chi connectivity index (χ4n) is 5.97. The molecule has 0 unspecified atom stereocenters. The Morgan fingerprint density at radius 2 is 1.97 bits per heavy atom. The Hall–Kier alpha value is -2.30. The third-order valence-corrected chi connectivity index (χ3v) is 8.09. The molecule has 5 aliphatic rings. The van der Waals surface area contributed by atoms with E-state index in [0.29, 0.717) is 43.4 Å². The van der Waals surface area contributed by atoms with Crippen LogP contribution in [0.4, 0.5) is 13.2 Å². The van der Waals surface area contributed by atoms with Gasteiger partial charge in [-0.25, -0.2) is 4.98 Å². The van der Waals surface area contributed by atoms with E-state index in [1.54, 1.807) is 30.6 Å². The molecule has 4 aliphatic carbocycles. The van der Waals surface area contributed by atoms with Crippen LogP contribution in [0.1, 0.15) is 61.9 Å². The van der Waals surface area contributed by atoms with Gasteiger partial charge < -0.3 is 19.7 Å². The lowest BCUT2D eigenvalue weighted by molar-refractivity contribution is -0.353. The molecule has 2 N–H and O–H groups in total. The van der Waals surface area contributed by atoms with Crippen molar-refractivity contribution >= 4 is 17.5 Å². The van der Waals surface area contributed by atoms with Gasteiger partial charge >= 0.3 is 6.36 Å². The van der Waals surface area contributed by atoms with Crippen LogP contribution in [0, 0.1) is 0 Å². The number of carbonyl (C=O) groups is 1. The molecule has 2 atom stereocenters. The number of fused-ring (bicyclic) bond motifs is 1. The number of aromatic nitrogens is 2. The van der Waals surface area contributed by atoms with Crippen LogP contribution in [0.2, 0.25) is 0 Å². The maximum atomic E-state index is 13.0. The molecule has 0 saturated heterocycles. The summed E-state index contributed by atoms with van der Waals surface area (Å²) in [6.07, 6.45) is -0.0703. The predicted molar refractivity (Wildman–Crippen MR) is 113 cm³/mol. The maximum Gasteiger partial charge on any atom is 0.522 e. The minimum atomic E-state index is -4.61. The van der Waals surface area contributed by atoms with Crippen molar-refractivity contribution in [2.75, 3.05) is 0 Å². The Morgan fingerprint density at radius 3 is 2.68 bits per heavy atom. The van der Waals surface area contributed by atoms with Gasteiger partial charge in [0.1, 0.15) is 5.75 Å². The number of rotatable bonds is 5. The molecule has 0 radical (unpaired) electrons. The van der Waals surface area contributed by atoms with Crippen LogP contribution < -0.4 is 10.1 Å². The molecule has 11 heteroatoms. The molecule has 7 rings (SSSR count). The second kappa shape index (κ2) is 7.11. The monoisotopic (exact) mass is 497 g/mol. The van der Waals surface area contributed by atoms with Crippen LogP contribution in [0.15, 0.2) is 36.8 Å². The first kappa shape index (κ1) is 22.2. The lowest BCUT2D eigenvalue weighted by Gasteiger charge is -2.70. The molecule has 2 heterocycles. The zero-order valence-electron chi connectivity index (χ0n) is 18.0. The second-order valence-corrected chi connectivity index (χ2v) is 10.8. The van der Waals surface area contributed by atoms with Crippen LogP contribution in [-0.4, -0.2) is 43.6 Å². The summed E-state index contributed by atoms with van der Waals surface area (Å²) in [7, 11) is 0. The molecule has 4 fully saturated rings. The van der Waals surface area contributed by atoms with Crippen molar-refractivity contribution in [3.8, 4) is 5.75 Å². The normalized spacial score (nSPS) is 38.0. The quantitative estimate of drug-likeness (QED) is 0.613. The number of aliphatic hydroxyl groups is 1. The van der Waals surface area contributed by atoms with Gasteiger partial charge in [-0.15, -0.1) is 13.2 Å². The average Bonchev–Trinajstić information content (AvgIpc) is 3.14. The summed E-state index contributed by atoms with van der Waals surface area (Å²) in [6.45, 7) is 0. The first-order valence-corrected chi connectivity index (χ1v) is 11.6. The molecule has 1 aromatic carbocycles. The molecule has 1 amide bonds. The van der Waals surface area contributed by atoms with Crippen LogP contribution in [0.5, 0.6) is 5.75 Å². The number of aliphatic hydroxyl groups excluding tert-OH is 1. The van der Waals surface area contributed by atoms with Crippen LogP contribution in [-0.2, 0) is 14.9 Å². The molecule has 2 aromatic rings. The Balaban J connectivity index is 1.05. The Labute approximate surface area is 198 Å². The van der Waals surface area contributed by atoms with Crippen LogP contribution >= 0.6 is 11.6 Å². The number of nitrogens with zero attached hydrogens (tertiary/aromatic N) is 2. The Morgan fingerprint density at radius 1 is 1.26 bits per heavy atom. The molecular weight excluding hydrogens is 475 g/mol. The topological polar surface area (TPSA) is 85.6 Å². The standard InChI is InChI=1S/C23H23ClF3N3O4/c24-22(7-16(31)15-3-1-2-4-17(15)34-22)19(32)29-21-9-20(10-21,11-21)18-8-30(12-28-18)13-5-14(6-13)33-23(25,26)27/h1-4,8,12-14,16,31H,5-7,9-11H2,(H,29,32)/t13?,14?,16-,20?,21?,22+/m1/s1. The van der Waals surface area contributed by atoms with Gasteiger partial charge in [-0.05, 0) is 38.2 Å². The van der Waals surface area contributed by atoms with Crippen LogP contribution in [0.25, 0.3) is 0 Å². The summed E-state index contributed by atoms with van der Waals surface area (Å²) in [5, 5.41) is 11.8. The minimum Gasteiger partial charge on any atom is -0.462 e. The second-order valence-electron chi connectivity index (χ2n) is 10.2. The number of carbonyl (C=O) groups excluding carboxylic acids is 1. The highest BCUT2D eigenvalue weighted by molar-refractivity contribution is 6.34. The van der Waals surface area contributed by atoms with E-state index >= 15 is 0 Å². The number of hydrogen-bond donors (Lipinski definition) is 2. The smallest absolute Gasteiger partial charge is 0.462 e. The SMILES string of the molecule is O=C(NC12CC(c3cn(C4CC(OC(F)(F)F)C4)cn3)(C1)C2)[C@]1(Cl)C[C@@H](O)c2ccccc2O1. The zero-order valence-corrected chi connectivity index (χ0v) is 18.8. The van der Waals surface area contributed by atoms with Crippen molar-refractivity contribution < 1.29 is 32.5 Å². The van der Waals surface area contributed by atoms with Crippen molar-refractivity contribution in [1.82, 2.24) is 14.9 Å². The van der Waals surface area contributed by atoms with Gasteiger partial charge in [-0.1, -0.05) is 29.8 Å². The first-order chi connectivity index (χ1) is 16.0. The van der Waals surface area contributed by atoms with E-state index in [9.17, 15) is 23.1 Å². The van der Waals surface area contributed by atoms with Crippen LogP contribution in [0.3, 0.4) is 0 Å². The maximum absolute atomic E-state index is 13.0. The Bertz CT molecular complexity index is 1130. The minimum absolute atomic E-state index is 0.0521. The van der Waals surface area contributed by atoms with Crippen molar-refractivity contribution in [2.24, 2.45) is 0 Å². The summed E-state index contributed by atoms with van der Waals surface area (Å²) in [5.74, 6) is -0.0726. The number of para-hydroxylation sites is 1. The number of amides is 1. The third-order valence-electron chi connectivity index (χ3n) is 7.69. The fourth-order valence-corrected chi connectivity index (χ4v) is 6.24. The number of nitrogens with one attached hydrogen (secondary N) is 1. The Kier molecular flexibility index (Phi) is 4.64. The van der Waals surface area contributed by atoms with Gasteiger partial charge in [0.15, 0.2) is 0 Å². The molecule has 7 nitrogen and oxygen atoms in total. The van der Waals surface area contributed by atoms with Gasteiger partial charge in [0, 0.05) is 35.2 Å². The molecule has 1 aromatic heterocycles. The van der Waals surface area contributed by atoms with Crippen molar-refractivity contribution in [3.05, 3.63) is 48.0 Å². The highest BCUT2D eigenvalue weighted by Gasteiger charge is 2.71. The molecule has 0 spiro atoms. The number of hydrogen-bond acceptors (Lipinski definition) is 5. The van der Waals surface area contributed by atoms with Gasteiger partial charge in [0.25, 0.3) is 11.0 Å². The van der Waals surface area contributed by atoms with Gasteiger partial charge in [0.05, 0.1) is 24.2 Å². The van der Waals surface area contributed by atoms with E-state index in [-0.39, 0.29) is 23.4 Å². The lowest BCUT2D eigenvalue weighted by atomic mass is 9.38. The summed E-state index contributed by atoms with van der Waals surface area (Å²) >= 11 is 6.53. The average molecular weight is 498 g/mol. The van der Waals surface area contributed by atoms with E-state index in [0.717, 1.165) is 5.69 Å². The molecule has 2 bridgehead atoms. The number of imidazole rings is 1. The van der Waals surface area contributed by atoms with Crippen molar-refractivity contribution in [2.45, 2.75) is 79.2 Å². The first-order valence-electron chi connectivity index (χ1n) is 11.2. The number of ether oxygens (including phenoxy) is 2. The van der Waals surface area contributed by atoms with Crippen molar-refractivity contribution in [3.63, 3.8) is 0 Å². The lowest BCUT2D eigenvalue weighted by Crippen LogP contribution is -2.78. The molecule has 1 aliphatic heterocycles. The molecule has 182 valence electrons. The van der Waals surface area contributed by atoms with Gasteiger partial charge in [-0.3, -0.25) is 9.53 Å². The zero-order chi connectivity index (χ0) is 23.9. The summed E-state index contributed by atoms with van der Waals surface area (Å²) in [4.78, 5) is 17.5. The predicted octanol–water partition coefficient (Wildman–Crippen LogP) is 3.86. The summed E-state index contributed by atoms with van der Waals surface area (Å²) < 4.78 is 48.7. The highest BCUT2D eigenvalue weighted by Crippen LogP contribution is 2.67. The van der Waals surface area contributed by atoms with E-state index in [2.05, 4.69) is 15.0 Å². The summed E-state index contributed by atoms with van der Waals surface area (Å²) in [5.41, 5.74) is 0.983. The number of benzene rings is 1. The van der Waals surface area contributed by atoms with E-state index in [4.69, 9.17) is 16.3 Å². The molecular formula is C23H23ClF3N3O4. The van der Waals surface area contributed by atoms with E-state index in [1.807, 2.05) is 10.8 Å². The fraction of sp³-hybridized carbons (Fsp3) is 0.565. The van der Waals surface area contributed by atoms with E-state index < -0.39 is 29.5 Å². The highest BCUT2D eigenvalue weighted by atomic mass is 35.5. The molecule has 34 heavy (non-hydrogen) atoms. The van der Waals surface area contributed by atoms with Gasteiger partial charge in [-0.2, -0.15) is 0 Å². The molecule has 4 saturated carbocycles. The summed E-state index contributed by atoms with van der Waals surface area (Å²) in [6, 6.07) is 6.90. The van der Waals surface area contributed by atoms with Crippen molar-refractivity contribution in [1.29, 1.82) is 0 Å². The van der Waals surface area contributed by atoms with Gasteiger partial charge in [0.2, 0.25) is 0 Å². The third kappa shape index (κ3) is 3.49. The number of halogens is 4. The van der Waals surface area contributed by atoms with E-state index in [1.165, 1.54) is 0 Å².